The molecule has 0 spiro atoms. The van der Waals surface area contributed by atoms with Crippen LogP contribution in [0.1, 0.15) is 34.8 Å². The van der Waals surface area contributed by atoms with E-state index in [-0.39, 0.29) is 11.9 Å². The number of nitrogen functional groups attached to an aromatic ring is 1. The lowest BCUT2D eigenvalue weighted by atomic mass is 10.1. The lowest BCUT2D eigenvalue weighted by Gasteiger charge is -2.26. The second-order valence-corrected chi connectivity index (χ2v) is 5.71. The number of amides is 1. The highest BCUT2D eigenvalue weighted by molar-refractivity contribution is 7.07. The van der Waals surface area contributed by atoms with E-state index in [0.717, 1.165) is 17.1 Å². The number of rotatable bonds is 4. The number of hydrogen-bond donors (Lipinski definition) is 1. The Morgan fingerprint density at radius 3 is 2.75 bits per heavy atom. The molecule has 1 aromatic carbocycles. The van der Waals surface area contributed by atoms with Crippen LogP contribution >= 0.6 is 11.5 Å². The third-order valence-electron chi connectivity index (χ3n) is 3.03. The normalized spacial score (nSPS) is 10.8. The molecule has 2 aromatic rings. The Morgan fingerprint density at radius 1 is 1.45 bits per heavy atom. The first-order valence-corrected chi connectivity index (χ1v) is 7.20. The lowest BCUT2D eigenvalue weighted by Crippen LogP contribution is -2.36. The number of nitrogens with zero attached hydrogens (tertiary/aromatic N) is 3. The molecule has 0 fully saturated rings. The smallest absolute Gasteiger partial charge is 0.268 e. The molecule has 106 valence electrons. The monoisotopic (exact) mass is 290 g/mol. The maximum Gasteiger partial charge on any atom is 0.268 e. The lowest BCUT2D eigenvalue weighted by molar-refractivity contribution is 0.0694. The van der Waals surface area contributed by atoms with Gasteiger partial charge in [-0.15, -0.1) is 5.10 Å². The molecule has 1 heterocycles. The molecule has 0 aliphatic heterocycles. The van der Waals surface area contributed by atoms with Gasteiger partial charge < -0.3 is 10.6 Å². The molecular weight excluding hydrogens is 272 g/mol. The van der Waals surface area contributed by atoms with Crippen LogP contribution in [0.4, 0.5) is 5.69 Å². The summed E-state index contributed by atoms with van der Waals surface area (Å²) in [5.74, 6) is -0.0325. The molecule has 2 N–H and O–H groups in total. The summed E-state index contributed by atoms with van der Waals surface area (Å²) in [5.41, 5.74) is 8.18. The summed E-state index contributed by atoms with van der Waals surface area (Å²) in [4.78, 5) is 15.0. The molecule has 0 saturated carbocycles. The van der Waals surface area contributed by atoms with Gasteiger partial charge in [-0.3, -0.25) is 4.79 Å². The molecule has 1 aromatic heterocycles. The van der Waals surface area contributed by atoms with Crippen LogP contribution in [-0.4, -0.2) is 26.4 Å². The molecule has 0 bridgehead atoms. The predicted octanol–water partition coefficient (Wildman–Crippen LogP) is 2.48. The Morgan fingerprint density at radius 2 is 2.20 bits per heavy atom. The summed E-state index contributed by atoms with van der Waals surface area (Å²) in [6.07, 6.45) is 0. The highest BCUT2D eigenvalue weighted by atomic mass is 32.1. The molecule has 0 aliphatic rings. The molecule has 0 atom stereocenters. The van der Waals surface area contributed by atoms with E-state index in [1.54, 1.807) is 11.8 Å². The van der Waals surface area contributed by atoms with E-state index < -0.39 is 0 Å². The van der Waals surface area contributed by atoms with Gasteiger partial charge in [-0.1, -0.05) is 16.6 Å². The molecule has 6 heteroatoms. The predicted molar refractivity (Wildman–Crippen MR) is 80.5 cm³/mol. The molecule has 5 nitrogen and oxygen atoms in total. The van der Waals surface area contributed by atoms with E-state index in [9.17, 15) is 4.79 Å². The number of nitrogens with two attached hydrogens (primary N) is 1. The third kappa shape index (κ3) is 3.14. The van der Waals surface area contributed by atoms with Gasteiger partial charge in [-0.2, -0.15) is 0 Å². The van der Waals surface area contributed by atoms with Crippen molar-refractivity contribution in [3.63, 3.8) is 0 Å². The van der Waals surface area contributed by atoms with Gasteiger partial charge in [0, 0.05) is 18.3 Å². The zero-order chi connectivity index (χ0) is 14.7. The topological polar surface area (TPSA) is 72.1 Å². The zero-order valence-corrected chi connectivity index (χ0v) is 12.6. The van der Waals surface area contributed by atoms with E-state index in [0.29, 0.717) is 22.8 Å². The first-order chi connectivity index (χ1) is 9.49. The molecule has 1 amide bonds. The maximum atomic E-state index is 12.6. The van der Waals surface area contributed by atoms with Gasteiger partial charge in [0.15, 0.2) is 0 Å². The molecule has 0 saturated heterocycles. The van der Waals surface area contributed by atoms with Gasteiger partial charge in [-0.05, 0) is 50.0 Å². The fraction of sp³-hybridized carbons (Fsp3) is 0.357. The Balaban J connectivity index is 2.24. The second kappa shape index (κ2) is 6.00. The Labute approximate surface area is 122 Å². The average Bonchev–Trinajstić information content (AvgIpc) is 2.81. The van der Waals surface area contributed by atoms with Crippen LogP contribution in [0.15, 0.2) is 24.3 Å². The third-order valence-corrected chi connectivity index (χ3v) is 3.85. The van der Waals surface area contributed by atoms with Gasteiger partial charge in [0.05, 0.1) is 5.69 Å². The van der Waals surface area contributed by atoms with Gasteiger partial charge in [0.25, 0.3) is 5.91 Å². The van der Waals surface area contributed by atoms with E-state index in [1.165, 1.54) is 0 Å². The van der Waals surface area contributed by atoms with Crippen molar-refractivity contribution < 1.29 is 4.79 Å². The summed E-state index contributed by atoms with van der Waals surface area (Å²) >= 11 is 1.14. The van der Waals surface area contributed by atoms with Crippen molar-refractivity contribution in [2.45, 2.75) is 33.4 Å². The first kappa shape index (κ1) is 14.5. The summed E-state index contributed by atoms with van der Waals surface area (Å²) < 4.78 is 3.83. The Bertz CT molecular complexity index is 609. The van der Waals surface area contributed by atoms with Crippen LogP contribution in [0.25, 0.3) is 0 Å². The van der Waals surface area contributed by atoms with Crippen molar-refractivity contribution in [1.29, 1.82) is 0 Å². The van der Waals surface area contributed by atoms with Crippen molar-refractivity contribution in [3.8, 4) is 0 Å². The van der Waals surface area contributed by atoms with Gasteiger partial charge in [0.1, 0.15) is 4.88 Å². The van der Waals surface area contributed by atoms with E-state index in [1.807, 2.05) is 38.1 Å². The van der Waals surface area contributed by atoms with Crippen molar-refractivity contribution in [2.75, 3.05) is 5.73 Å². The SMILES string of the molecule is Cc1nnsc1C(=O)N(Cc1cccc(N)c1)C(C)C. The van der Waals surface area contributed by atoms with Crippen LogP contribution < -0.4 is 5.73 Å². The van der Waals surface area contributed by atoms with Crippen molar-refractivity contribution in [2.24, 2.45) is 0 Å². The number of carbonyl (C=O) groups excluding carboxylic acids is 1. The quantitative estimate of drug-likeness (QED) is 0.878. The van der Waals surface area contributed by atoms with Crippen LogP contribution in [0.5, 0.6) is 0 Å². The fourth-order valence-electron chi connectivity index (χ4n) is 1.94. The fourth-order valence-corrected chi connectivity index (χ4v) is 2.55. The minimum Gasteiger partial charge on any atom is -0.399 e. The standard InChI is InChI=1S/C14H18N4OS/c1-9(2)18(8-11-5-4-6-12(15)7-11)14(19)13-10(3)16-17-20-13/h4-7,9H,8,15H2,1-3H3. The highest BCUT2D eigenvalue weighted by Gasteiger charge is 2.23. The Hall–Kier alpha value is -1.95. The van der Waals surface area contributed by atoms with E-state index in [2.05, 4.69) is 9.59 Å². The molecule has 2 rings (SSSR count). The Kier molecular flexibility index (Phi) is 4.34. The van der Waals surface area contributed by atoms with Gasteiger partial charge >= 0.3 is 0 Å². The van der Waals surface area contributed by atoms with Crippen molar-refractivity contribution in [3.05, 3.63) is 40.4 Å². The van der Waals surface area contributed by atoms with Crippen molar-refractivity contribution in [1.82, 2.24) is 14.5 Å². The number of anilines is 1. The second-order valence-electron chi connectivity index (χ2n) is 4.96. The minimum atomic E-state index is -0.0325. The number of aromatic nitrogens is 2. The number of aryl methyl sites for hydroxylation is 1. The summed E-state index contributed by atoms with van der Waals surface area (Å²) in [6.45, 7) is 6.32. The summed E-state index contributed by atoms with van der Waals surface area (Å²) in [7, 11) is 0. The number of carbonyl (C=O) groups is 1. The maximum absolute atomic E-state index is 12.6. The van der Waals surface area contributed by atoms with Crippen LogP contribution in [0.3, 0.4) is 0 Å². The molecular formula is C14H18N4OS. The van der Waals surface area contributed by atoms with Crippen LogP contribution in [-0.2, 0) is 6.54 Å². The zero-order valence-electron chi connectivity index (χ0n) is 11.8. The van der Waals surface area contributed by atoms with E-state index >= 15 is 0 Å². The minimum absolute atomic E-state index is 0.0325. The van der Waals surface area contributed by atoms with Crippen LogP contribution in [0.2, 0.25) is 0 Å². The van der Waals surface area contributed by atoms with Gasteiger partial charge in [-0.25, -0.2) is 0 Å². The first-order valence-electron chi connectivity index (χ1n) is 6.43. The highest BCUT2D eigenvalue weighted by Crippen LogP contribution is 2.18. The molecule has 0 aliphatic carbocycles. The van der Waals surface area contributed by atoms with Gasteiger partial charge in [0.2, 0.25) is 0 Å². The molecule has 0 unspecified atom stereocenters. The average molecular weight is 290 g/mol. The number of hydrogen-bond acceptors (Lipinski definition) is 5. The van der Waals surface area contributed by atoms with Crippen LogP contribution in [0, 0.1) is 6.92 Å². The van der Waals surface area contributed by atoms with Crippen molar-refractivity contribution >= 4 is 23.1 Å². The summed E-state index contributed by atoms with van der Waals surface area (Å²) in [6, 6.07) is 7.68. The molecule has 20 heavy (non-hydrogen) atoms. The molecule has 0 radical (unpaired) electrons. The summed E-state index contributed by atoms with van der Waals surface area (Å²) in [5, 5.41) is 3.90. The van der Waals surface area contributed by atoms with E-state index in [4.69, 9.17) is 5.73 Å². The number of benzene rings is 1. The largest absolute Gasteiger partial charge is 0.399 e.